The molecule has 2 radical (unpaired) electrons. The van der Waals surface area contributed by atoms with Crippen LogP contribution in [0.15, 0.2) is 24.4 Å². The Labute approximate surface area is 50.6 Å². The number of rotatable bonds is 1. The molecule has 0 aliphatic carbocycles. The quantitative estimate of drug-likeness (QED) is 0.499. The van der Waals surface area contributed by atoms with Crippen LogP contribution in [0.1, 0.15) is 0 Å². The van der Waals surface area contributed by atoms with Gasteiger partial charge in [0.15, 0.2) is 0 Å². The summed E-state index contributed by atoms with van der Waals surface area (Å²) in [6, 6.07) is 5.73. The minimum Gasteiger partial charge on any atom is -0.348 e. The SMILES string of the molecule is N[Si]c1ccccn1. The molecule has 0 saturated carbocycles. The van der Waals surface area contributed by atoms with Crippen LogP contribution >= 0.6 is 0 Å². The van der Waals surface area contributed by atoms with Crippen molar-refractivity contribution in [2.75, 3.05) is 0 Å². The zero-order valence-electron chi connectivity index (χ0n) is 4.33. The highest BCUT2D eigenvalue weighted by molar-refractivity contribution is 6.48. The molecule has 8 heavy (non-hydrogen) atoms. The lowest BCUT2D eigenvalue weighted by Crippen LogP contribution is -2.25. The van der Waals surface area contributed by atoms with Gasteiger partial charge in [-0.15, -0.1) is 0 Å². The molecule has 1 aromatic rings. The van der Waals surface area contributed by atoms with E-state index in [9.17, 15) is 0 Å². The van der Waals surface area contributed by atoms with Crippen LogP contribution in [-0.2, 0) is 0 Å². The van der Waals surface area contributed by atoms with Gasteiger partial charge in [-0.3, -0.25) is 4.98 Å². The van der Waals surface area contributed by atoms with Crippen molar-refractivity contribution in [3.63, 3.8) is 0 Å². The molecular weight excluding hydrogens is 116 g/mol. The van der Waals surface area contributed by atoms with Crippen molar-refractivity contribution in [2.24, 2.45) is 5.40 Å². The van der Waals surface area contributed by atoms with E-state index < -0.39 is 0 Å². The highest BCUT2D eigenvalue weighted by Crippen LogP contribution is 1.72. The van der Waals surface area contributed by atoms with Crippen LogP contribution in [0.4, 0.5) is 0 Å². The van der Waals surface area contributed by atoms with Crippen LogP contribution in [-0.4, -0.2) is 14.7 Å². The van der Waals surface area contributed by atoms with Crippen molar-refractivity contribution in [3.8, 4) is 0 Å². The molecule has 0 amide bonds. The smallest absolute Gasteiger partial charge is 0.202 e. The molecule has 40 valence electrons. The number of nitrogens with zero attached hydrogens (tertiary/aromatic N) is 1. The summed E-state index contributed by atoms with van der Waals surface area (Å²) < 4.78 is 0. The van der Waals surface area contributed by atoms with Gasteiger partial charge in [0.05, 0.1) is 0 Å². The van der Waals surface area contributed by atoms with Crippen molar-refractivity contribution in [2.45, 2.75) is 0 Å². The maximum atomic E-state index is 5.32. The number of hydrogen-bond acceptors (Lipinski definition) is 2. The van der Waals surface area contributed by atoms with Gasteiger partial charge >= 0.3 is 0 Å². The zero-order valence-corrected chi connectivity index (χ0v) is 5.33. The second kappa shape index (κ2) is 2.59. The van der Waals surface area contributed by atoms with Crippen LogP contribution in [0.5, 0.6) is 0 Å². The fourth-order valence-electron chi connectivity index (χ4n) is 0.448. The first kappa shape index (κ1) is 5.46. The summed E-state index contributed by atoms with van der Waals surface area (Å²) in [4.78, 5) is 3.98. The molecule has 1 heterocycles. The molecule has 0 aliphatic rings. The van der Waals surface area contributed by atoms with Gasteiger partial charge in [-0.05, 0) is 12.1 Å². The normalized spacial score (nSPS) is 9.12. The van der Waals surface area contributed by atoms with Crippen LogP contribution in [0.2, 0.25) is 0 Å². The summed E-state index contributed by atoms with van der Waals surface area (Å²) >= 11 is 0. The topological polar surface area (TPSA) is 38.9 Å². The van der Waals surface area contributed by atoms with Gasteiger partial charge in [0.1, 0.15) is 0 Å². The molecule has 0 saturated heterocycles. The van der Waals surface area contributed by atoms with Crippen LogP contribution in [0.25, 0.3) is 0 Å². The van der Waals surface area contributed by atoms with E-state index >= 15 is 0 Å². The van der Waals surface area contributed by atoms with Gasteiger partial charge in [-0.25, -0.2) is 0 Å². The van der Waals surface area contributed by atoms with E-state index in [1.54, 1.807) is 6.20 Å². The Morgan fingerprint density at radius 1 is 1.50 bits per heavy atom. The molecule has 0 aromatic carbocycles. The molecule has 0 bridgehead atoms. The van der Waals surface area contributed by atoms with E-state index in [-0.39, 0.29) is 0 Å². The summed E-state index contributed by atoms with van der Waals surface area (Å²) in [6.45, 7) is 0. The minimum absolute atomic E-state index is 0.319. The summed E-state index contributed by atoms with van der Waals surface area (Å²) in [5, 5.41) is 6.28. The lowest BCUT2D eigenvalue weighted by atomic mass is 10.5. The predicted octanol–water partition coefficient (Wildman–Crippen LogP) is -0.715. The summed E-state index contributed by atoms with van der Waals surface area (Å²) in [5.74, 6) is 0. The van der Waals surface area contributed by atoms with E-state index in [0.29, 0.717) is 9.68 Å². The van der Waals surface area contributed by atoms with Crippen molar-refractivity contribution >= 4 is 15.0 Å². The maximum absolute atomic E-state index is 5.32. The maximum Gasteiger partial charge on any atom is 0.202 e. The van der Waals surface area contributed by atoms with Gasteiger partial charge in [-0.1, -0.05) is 6.07 Å². The minimum atomic E-state index is 0.319. The molecule has 0 atom stereocenters. The van der Waals surface area contributed by atoms with E-state index in [0.717, 1.165) is 5.32 Å². The Morgan fingerprint density at radius 3 is 2.75 bits per heavy atom. The first-order valence-electron chi connectivity index (χ1n) is 2.31. The summed E-state index contributed by atoms with van der Waals surface area (Å²) in [6.07, 6.45) is 1.75. The average molecular weight is 122 g/mol. The lowest BCUT2D eigenvalue weighted by Gasteiger charge is -1.87. The first-order valence-corrected chi connectivity index (χ1v) is 3.39. The monoisotopic (exact) mass is 122 g/mol. The second-order valence-electron chi connectivity index (χ2n) is 1.36. The highest BCUT2D eigenvalue weighted by atomic mass is 28.2. The second-order valence-corrected chi connectivity index (χ2v) is 2.16. The molecule has 2 N–H and O–H groups in total. The Hall–Kier alpha value is -0.673. The van der Waals surface area contributed by atoms with Gasteiger partial charge in [0.25, 0.3) is 0 Å². The first-order chi connectivity index (χ1) is 3.93. The third-order valence-corrected chi connectivity index (χ3v) is 1.40. The third-order valence-electron chi connectivity index (χ3n) is 0.813. The number of hydrogen-bond donors (Lipinski definition) is 1. The van der Waals surface area contributed by atoms with E-state index in [1.165, 1.54) is 0 Å². The van der Waals surface area contributed by atoms with E-state index in [4.69, 9.17) is 5.40 Å². The molecular formula is C5H6N2Si. The molecule has 0 fully saturated rings. The van der Waals surface area contributed by atoms with Crippen molar-refractivity contribution in [1.29, 1.82) is 0 Å². The van der Waals surface area contributed by atoms with Gasteiger partial charge in [0, 0.05) is 11.5 Å². The highest BCUT2D eigenvalue weighted by Gasteiger charge is 1.84. The fraction of sp³-hybridized carbons (Fsp3) is 0. The van der Waals surface area contributed by atoms with E-state index in [1.807, 2.05) is 18.2 Å². The molecule has 1 aromatic heterocycles. The largest absolute Gasteiger partial charge is 0.348 e. The van der Waals surface area contributed by atoms with Crippen molar-refractivity contribution in [3.05, 3.63) is 24.4 Å². The van der Waals surface area contributed by atoms with Crippen LogP contribution in [0.3, 0.4) is 0 Å². The van der Waals surface area contributed by atoms with Crippen molar-refractivity contribution < 1.29 is 0 Å². The summed E-state index contributed by atoms with van der Waals surface area (Å²) in [7, 11) is 0.319. The molecule has 3 heteroatoms. The van der Waals surface area contributed by atoms with Gasteiger partial charge < -0.3 is 5.40 Å². The number of aromatic nitrogens is 1. The molecule has 0 unspecified atom stereocenters. The Morgan fingerprint density at radius 2 is 2.38 bits per heavy atom. The van der Waals surface area contributed by atoms with Gasteiger partial charge in [-0.2, -0.15) is 0 Å². The average Bonchev–Trinajstić information content (AvgIpc) is 1.90. The Kier molecular flexibility index (Phi) is 1.77. The third kappa shape index (κ3) is 1.15. The van der Waals surface area contributed by atoms with E-state index in [2.05, 4.69) is 4.98 Å². The standard InChI is InChI=1S/C5H6N2Si/c6-8-5-3-1-2-4-7-5/h1-4H,6H2. The number of nitrogens with two attached hydrogens (primary N) is 1. The Bertz CT molecular complexity index is 152. The molecule has 1 rings (SSSR count). The zero-order chi connectivity index (χ0) is 5.82. The molecule has 0 aliphatic heterocycles. The number of pyridine rings is 1. The van der Waals surface area contributed by atoms with Gasteiger partial charge in [0.2, 0.25) is 9.68 Å². The van der Waals surface area contributed by atoms with Crippen molar-refractivity contribution in [1.82, 2.24) is 4.98 Å². The fourth-order valence-corrected chi connectivity index (χ4v) is 0.790. The lowest BCUT2D eigenvalue weighted by molar-refractivity contribution is 1.38. The van der Waals surface area contributed by atoms with Crippen LogP contribution < -0.4 is 10.7 Å². The van der Waals surface area contributed by atoms with Crippen LogP contribution in [0, 0.1) is 0 Å². The molecule has 2 nitrogen and oxygen atoms in total. The summed E-state index contributed by atoms with van der Waals surface area (Å²) in [5.41, 5.74) is 0. The molecule has 0 spiro atoms. The predicted molar refractivity (Wildman–Crippen MR) is 33.8 cm³/mol. The Balaban J connectivity index is 2.83.